The number of thioether (sulfide) groups is 1. The Morgan fingerprint density at radius 1 is 1.03 bits per heavy atom. The normalized spacial score (nSPS) is 11.5. The molecular formula is C23H30N4O3S. The van der Waals surface area contributed by atoms with Crippen molar-refractivity contribution in [3.8, 4) is 0 Å². The van der Waals surface area contributed by atoms with E-state index in [1.807, 2.05) is 32.3 Å². The summed E-state index contributed by atoms with van der Waals surface area (Å²) < 4.78 is 4.36. The lowest BCUT2D eigenvalue weighted by atomic mass is 9.92. The fourth-order valence-electron chi connectivity index (χ4n) is 3.90. The molecule has 0 aliphatic carbocycles. The van der Waals surface area contributed by atoms with Crippen molar-refractivity contribution in [3.05, 3.63) is 54.7 Å². The Bertz CT molecular complexity index is 1270. The third-order valence-corrected chi connectivity index (χ3v) is 7.00. The lowest BCUT2D eigenvalue weighted by Crippen LogP contribution is -2.37. The molecule has 0 aliphatic rings. The van der Waals surface area contributed by atoms with Crippen LogP contribution in [0.1, 0.15) is 52.4 Å². The molecule has 0 bridgehead atoms. The van der Waals surface area contributed by atoms with Crippen LogP contribution in [0, 0.1) is 27.7 Å². The predicted octanol–water partition coefficient (Wildman–Crippen LogP) is 3.44. The molecule has 0 unspecified atom stereocenters. The maximum atomic E-state index is 13.2. The van der Waals surface area contributed by atoms with Crippen LogP contribution in [0.4, 0.5) is 0 Å². The van der Waals surface area contributed by atoms with Gasteiger partial charge in [0, 0.05) is 26.2 Å². The van der Waals surface area contributed by atoms with E-state index in [4.69, 9.17) is 0 Å². The van der Waals surface area contributed by atoms with E-state index in [0.29, 0.717) is 22.9 Å². The second kappa shape index (κ2) is 8.86. The number of carbonyl (C=O) groups excluding carboxylic acids is 1. The third-order valence-electron chi connectivity index (χ3n) is 6.03. The Morgan fingerprint density at radius 2 is 1.65 bits per heavy atom. The zero-order valence-electron chi connectivity index (χ0n) is 19.3. The molecule has 0 radical (unpaired) electrons. The van der Waals surface area contributed by atoms with E-state index < -0.39 is 5.69 Å². The van der Waals surface area contributed by atoms with Crippen LogP contribution in [0.15, 0.2) is 20.8 Å². The van der Waals surface area contributed by atoms with E-state index in [1.54, 1.807) is 7.05 Å². The molecule has 8 heteroatoms. The maximum Gasteiger partial charge on any atom is 0.332 e. The summed E-state index contributed by atoms with van der Waals surface area (Å²) >= 11 is 1.32. The van der Waals surface area contributed by atoms with Crippen LogP contribution >= 0.6 is 11.8 Å². The molecule has 31 heavy (non-hydrogen) atoms. The van der Waals surface area contributed by atoms with Crippen molar-refractivity contribution in [3.63, 3.8) is 0 Å². The SMILES string of the molecule is CCCCn1c(SCC(=O)c2c(C)c(C)cc(C)c2C)nc2c1c(=O)n(C)c(=O)n2C. The van der Waals surface area contributed by atoms with Gasteiger partial charge >= 0.3 is 5.69 Å². The third kappa shape index (κ3) is 4.01. The Labute approximate surface area is 186 Å². The Balaban J connectivity index is 2.05. The Morgan fingerprint density at radius 3 is 2.23 bits per heavy atom. The minimum atomic E-state index is -0.410. The summed E-state index contributed by atoms with van der Waals surface area (Å²) in [7, 11) is 3.09. The minimum absolute atomic E-state index is 0.0442. The fraction of sp³-hybridized carbons (Fsp3) is 0.478. The first kappa shape index (κ1) is 23.1. The molecule has 0 aliphatic heterocycles. The molecular weight excluding hydrogens is 412 g/mol. The van der Waals surface area contributed by atoms with Gasteiger partial charge in [-0.25, -0.2) is 9.78 Å². The van der Waals surface area contributed by atoms with Gasteiger partial charge < -0.3 is 4.57 Å². The van der Waals surface area contributed by atoms with Crippen LogP contribution in [0.3, 0.4) is 0 Å². The monoisotopic (exact) mass is 442 g/mol. The van der Waals surface area contributed by atoms with Crippen molar-refractivity contribution in [2.24, 2.45) is 14.1 Å². The summed E-state index contributed by atoms with van der Waals surface area (Å²) in [4.78, 5) is 42.9. The standard InChI is InChI=1S/C23H30N4O3S/c1-8-9-10-27-19-20(25(6)23(30)26(7)21(19)29)24-22(27)31-12-17(28)18-15(4)13(2)11-14(3)16(18)5/h11H,8-10,12H2,1-7H3. The van der Waals surface area contributed by atoms with Crippen molar-refractivity contribution in [1.29, 1.82) is 0 Å². The molecule has 0 fully saturated rings. The summed E-state index contributed by atoms with van der Waals surface area (Å²) in [6, 6.07) is 2.11. The number of aryl methyl sites for hydroxylation is 4. The van der Waals surface area contributed by atoms with Crippen molar-refractivity contribution in [1.82, 2.24) is 18.7 Å². The molecule has 0 saturated heterocycles. The van der Waals surface area contributed by atoms with Gasteiger partial charge in [0.05, 0.1) is 5.75 Å². The van der Waals surface area contributed by atoms with Gasteiger partial charge in [-0.2, -0.15) is 0 Å². The highest BCUT2D eigenvalue weighted by molar-refractivity contribution is 7.99. The van der Waals surface area contributed by atoms with E-state index in [0.717, 1.165) is 45.2 Å². The molecule has 2 aromatic heterocycles. The topological polar surface area (TPSA) is 78.9 Å². The Hall–Kier alpha value is -2.61. The van der Waals surface area contributed by atoms with Gasteiger partial charge in [0.15, 0.2) is 22.1 Å². The molecule has 0 saturated carbocycles. The Kier molecular flexibility index (Phi) is 6.59. The molecule has 0 N–H and O–H groups in total. The fourth-order valence-corrected chi connectivity index (χ4v) is 4.79. The molecule has 0 amide bonds. The number of nitrogens with zero attached hydrogens (tertiary/aromatic N) is 4. The highest BCUT2D eigenvalue weighted by atomic mass is 32.2. The van der Waals surface area contributed by atoms with E-state index >= 15 is 0 Å². The summed E-state index contributed by atoms with van der Waals surface area (Å²) in [5, 5.41) is 0.592. The molecule has 7 nitrogen and oxygen atoms in total. The number of ketones is 1. The van der Waals surface area contributed by atoms with Gasteiger partial charge in [0.1, 0.15) is 0 Å². The highest BCUT2D eigenvalue weighted by Gasteiger charge is 2.21. The van der Waals surface area contributed by atoms with E-state index in [9.17, 15) is 14.4 Å². The minimum Gasteiger partial charge on any atom is -0.313 e. The van der Waals surface area contributed by atoms with Crippen molar-refractivity contribution >= 4 is 28.7 Å². The zero-order valence-corrected chi connectivity index (χ0v) is 20.1. The first-order valence-corrected chi connectivity index (χ1v) is 11.5. The molecule has 166 valence electrons. The molecule has 0 spiro atoms. The summed E-state index contributed by atoms with van der Waals surface area (Å²) in [6.07, 6.45) is 1.82. The van der Waals surface area contributed by atoms with Gasteiger partial charge in [0.25, 0.3) is 5.56 Å². The van der Waals surface area contributed by atoms with Crippen LogP contribution < -0.4 is 11.2 Å². The number of unbranched alkanes of at least 4 members (excludes halogenated alkanes) is 1. The van der Waals surface area contributed by atoms with Crippen molar-refractivity contribution in [2.75, 3.05) is 5.75 Å². The lowest BCUT2D eigenvalue weighted by Gasteiger charge is -2.14. The van der Waals surface area contributed by atoms with Crippen LogP contribution in [-0.4, -0.2) is 30.2 Å². The van der Waals surface area contributed by atoms with Crippen molar-refractivity contribution in [2.45, 2.75) is 59.2 Å². The zero-order chi connectivity index (χ0) is 23.0. The maximum absolute atomic E-state index is 13.2. The number of carbonyl (C=O) groups is 1. The molecule has 0 atom stereocenters. The summed E-state index contributed by atoms with van der Waals surface area (Å²) in [6.45, 7) is 10.7. The number of rotatable bonds is 7. The van der Waals surface area contributed by atoms with E-state index in [-0.39, 0.29) is 17.1 Å². The molecule has 2 heterocycles. The van der Waals surface area contributed by atoms with Crippen molar-refractivity contribution < 1.29 is 4.79 Å². The second-order valence-electron chi connectivity index (χ2n) is 8.12. The van der Waals surface area contributed by atoms with E-state index in [2.05, 4.69) is 18.0 Å². The first-order chi connectivity index (χ1) is 14.6. The number of fused-ring (bicyclic) bond motifs is 1. The first-order valence-electron chi connectivity index (χ1n) is 10.5. The average Bonchev–Trinajstić information content (AvgIpc) is 3.10. The van der Waals surface area contributed by atoms with Crippen LogP contribution in [-0.2, 0) is 20.6 Å². The van der Waals surface area contributed by atoms with Crippen LogP contribution in [0.2, 0.25) is 0 Å². The number of hydrogen-bond acceptors (Lipinski definition) is 5. The van der Waals surface area contributed by atoms with Crippen LogP contribution in [0.25, 0.3) is 11.2 Å². The average molecular weight is 443 g/mol. The smallest absolute Gasteiger partial charge is 0.313 e. The largest absolute Gasteiger partial charge is 0.332 e. The van der Waals surface area contributed by atoms with E-state index in [1.165, 1.54) is 23.4 Å². The second-order valence-corrected chi connectivity index (χ2v) is 9.07. The van der Waals surface area contributed by atoms with Gasteiger partial charge in [-0.1, -0.05) is 31.2 Å². The van der Waals surface area contributed by atoms with Gasteiger partial charge in [0.2, 0.25) is 0 Å². The van der Waals surface area contributed by atoms with Gasteiger partial charge in [-0.3, -0.25) is 18.7 Å². The highest BCUT2D eigenvalue weighted by Crippen LogP contribution is 2.27. The van der Waals surface area contributed by atoms with Gasteiger partial charge in [-0.15, -0.1) is 0 Å². The molecule has 3 aromatic rings. The molecule has 3 rings (SSSR count). The quantitative estimate of drug-likeness (QED) is 0.414. The van der Waals surface area contributed by atoms with Gasteiger partial charge in [-0.05, 0) is 56.4 Å². The lowest BCUT2D eigenvalue weighted by molar-refractivity contribution is 0.102. The summed E-state index contributed by atoms with van der Waals surface area (Å²) in [5.41, 5.74) is 4.98. The predicted molar refractivity (Wildman–Crippen MR) is 126 cm³/mol. The number of hydrogen-bond donors (Lipinski definition) is 0. The van der Waals surface area contributed by atoms with Crippen LogP contribution in [0.5, 0.6) is 0 Å². The number of benzene rings is 1. The number of aromatic nitrogens is 4. The summed E-state index contributed by atoms with van der Waals surface area (Å²) in [5.74, 6) is 0.261. The molecule has 1 aromatic carbocycles. The number of imidazole rings is 1. The number of Topliss-reactive ketones (excluding diaryl/α,β-unsaturated/α-hetero) is 1.